The van der Waals surface area contributed by atoms with E-state index in [0.717, 1.165) is 17.6 Å². The van der Waals surface area contributed by atoms with Crippen molar-refractivity contribution in [2.24, 2.45) is 34.5 Å². The average Bonchev–Trinajstić information content (AvgIpc) is 3.11. The van der Waals surface area contributed by atoms with Crippen molar-refractivity contribution >= 4 is 14.0 Å². The third-order valence-electron chi connectivity index (χ3n) is 8.05. The molecule has 5 heteroatoms. The van der Waals surface area contributed by atoms with Gasteiger partial charge in [-0.2, -0.15) is 0 Å². The van der Waals surface area contributed by atoms with Gasteiger partial charge in [0.2, 0.25) is 0 Å². The molecule has 2 bridgehead atoms. The molecular weight excluding hydrogens is 347 g/mol. The van der Waals surface area contributed by atoms with Gasteiger partial charge in [-0.1, -0.05) is 38.5 Å². The number of rotatable bonds is 0. The molecule has 4 aliphatic carbocycles. The Morgan fingerprint density at radius 1 is 1.38 bits per heavy atom. The summed E-state index contributed by atoms with van der Waals surface area (Å²) in [5.74, 6) is 3.83. The number of Topliss-reactive ketones (excluding diaryl/α,β-unsaturated/α-hetero) is 1. The summed E-state index contributed by atoms with van der Waals surface area (Å²) in [6, 6.07) is 0. The normalized spacial score (nSPS) is 51.4. The Kier molecular flexibility index (Phi) is 3.40. The third kappa shape index (κ3) is 1.85. The molecule has 140 valence electrons. The Labute approximate surface area is 156 Å². The number of carbonyl (C=O) groups is 1. The van der Waals surface area contributed by atoms with Crippen molar-refractivity contribution in [2.75, 3.05) is 6.61 Å². The molecule has 1 heterocycles. The molecule has 26 heavy (non-hydrogen) atoms. The van der Waals surface area contributed by atoms with Crippen LogP contribution in [0.4, 0.5) is 0 Å². The fourth-order valence-corrected chi connectivity index (χ4v) is 7.47. The highest BCUT2D eigenvalue weighted by Crippen LogP contribution is 2.71. The molecule has 0 aromatic rings. The van der Waals surface area contributed by atoms with Gasteiger partial charge in [-0.15, -0.1) is 0 Å². The van der Waals surface area contributed by atoms with E-state index in [9.17, 15) is 9.90 Å². The topological polar surface area (TPSA) is 55.8 Å². The van der Waals surface area contributed by atoms with Gasteiger partial charge in [-0.3, -0.25) is 9.53 Å². The molecule has 0 saturated heterocycles. The van der Waals surface area contributed by atoms with E-state index in [1.54, 1.807) is 0 Å². The van der Waals surface area contributed by atoms with Crippen LogP contribution >= 0.6 is 8.26 Å². The quantitative estimate of drug-likeness (QED) is 0.521. The number of aliphatic hydroxyl groups is 1. The second-order valence-electron chi connectivity index (χ2n) is 9.67. The minimum absolute atomic E-state index is 0.0504. The Balaban J connectivity index is 1.76. The number of hydrogen-bond acceptors (Lipinski definition) is 4. The third-order valence-corrected chi connectivity index (χ3v) is 8.63. The molecule has 0 amide bonds. The maximum atomic E-state index is 14.0. The van der Waals surface area contributed by atoms with E-state index in [-0.39, 0.29) is 31.3 Å². The minimum Gasteiger partial charge on any atom is -0.385 e. The van der Waals surface area contributed by atoms with Crippen LogP contribution in [0.2, 0.25) is 0 Å². The van der Waals surface area contributed by atoms with Crippen molar-refractivity contribution < 1.29 is 19.2 Å². The molecule has 2 saturated carbocycles. The molecule has 1 N–H and O–H groups in total. The van der Waals surface area contributed by atoms with Crippen molar-refractivity contribution in [3.63, 3.8) is 0 Å². The summed E-state index contributed by atoms with van der Waals surface area (Å²) >= 11 is 0. The smallest absolute Gasteiger partial charge is 0.153 e. The van der Waals surface area contributed by atoms with Gasteiger partial charge in [0.1, 0.15) is 11.7 Å². The van der Waals surface area contributed by atoms with Crippen molar-refractivity contribution in [2.45, 2.75) is 52.2 Å². The number of ketones is 1. The monoisotopic (exact) mass is 374 g/mol. The fourth-order valence-electron chi connectivity index (χ4n) is 6.83. The van der Waals surface area contributed by atoms with Crippen LogP contribution in [0.5, 0.6) is 0 Å². The summed E-state index contributed by atoms with van der Waals surface area (Å²) < 4.78 is 11.6. The lowest BCUT2D eigenvalue weighted by atomic mass is 9.59. The van der Waals surface area contributed by atoms with Crippen LogP contribution in [-0.4, -0.2) is 29.2 Å². The zero-order valence-corrected chi connectivity index (χ0v) is 16.8. The van der Waals surface area contributed by atoms with Gasteiger partial charge >= 0.3 is 0 Å². The zero-order chi connectivity index (χ0) is 18.5. The Morgan fingerprint density at radius 3 is 2.92 bits per heavy atom. The van der Waals surface area contributed by atoms with Crippen molar-refractivity contribution in [1.29, 1.82) is 0 Å². The second-order valence-corrected chi connectivity index (χ2v) is 10.3. The molecule has 2 fully saturated rings. The van der Waals surface area contributed by atoms with Gasteiger partial charge in [0.15, 0.2) is 5.78 Å². The van der Waals surface area contributed by atoms with Gasteiger partial charge in [0.25, 0.3) is 0 Å². The Hall–Kier alpha value is -0.890. The summed E-state index contributed by atoms with van der Waals surface area (Å²) in [5.41, 5.74) is 0.103. The van der Waals surface area contributed by atoms with E-state index in [0.29, 0.717) is 24.9 Å². The van der Waals surface area contributed by atoms with Gasteiger partial charge < -0.3 is 9.63 Å². The fraction of sp³-hybridized carbons (Fsp3) is 0.714. The molecular formula is C21H27O4P. The summed E-state index contributed by atoms with van der Waals surface area (Å²) in [6.45, 7) is 9.11. The van der Waals surface area contributed by atoms with Gasteiger partial charge in [-0.05, 0) is 42.1 Å². The molecule has 4 nitrogen and oxygen atoms in total. The highest BCUT2D eigenvalue weighted by atomic mass is 31.1. The van der Waals surface area contributed by atoms with Crippen LogP contribution in [-0.2, 0) is 14.1 Å². The first-order valence-corrected chi connectivity index (χ1v) is 10.6. The zero-order valence-electron chi connectivity index (χ0n) is 15.8. The molecule has 0 aromatic carbocycles. The second kappa shape index (κ2) is 5.13. The lowest BCUT2D eigenvalue weighted by Gasteiger charge is -2.47. The highest BCUT2D eigenvalue weighted by molar-refractivity contribution is 7.20. The summed E-state index contributed by atoms with van der Waals surface area (Å²) in [7, 11) is -0.0504. The van der Waals surface area contributed by atoms with Crippen molar-refractivity contribution in [1.82, 2.24) is 0 Å². The van der Waals surface area contributed by atoms with E-state index >= 15 is 0 Å². The number of allylic oxidation sites excluding steroid dienone is 1. The summed E-state index contributed by atoms with van der Waals surface area (Å²) in [4.78, 5) is 14.0. The molecule has 0 radical (unpaired) electrons. The van der Waals surface area contributed by atoms with Gasteiger partial charge in [0.05, 0.1) is 12.0 Å². The molecule has 1 spiro atoms. The predicted molar refractivity (Wildman–Crippen MR) is 99.9 cm³/mol. The first-order chi connectivity index (χ1) is 12.2. The predicted octanol–water partition coefficient (Wildman–Crippen LogP) is 3.42. The van der Waals surface area contributed by atoms with Crippen molar-refractivity contribution in [3.8, 4) is 5.81 Å². The molecule has 3 unspecified atom stereocenters. The SMILES string of the molecule is CC1=C[C@]23C(=O)[C@@H](C=C4COC#[PH]O[C@H]4[C@]2(O)C1)C1C(C[C@H]3C)C1(C)C. The van der Waals surface area contributed by atoms with Gasteiger partial charge in [0, 0.05) is 26.4 Å². The van der Waals surface area contributed by atoms with Crippen LogP contribution in [0, 0.1) is 40.3 Å². The van der Waals surface area contributed by atoms with E-state index in [1.165, 1.54) is 0 Å². The first-order valence-electron chi connectivity index (χ1n) is 9.66. The van der Waals surface area contributed by atoms with Crippen LogP contribution < -0.4 is 0 Å². The Bertz CT molecular complexity index is 831. The van der Waals surface area contributed by atoms with E-state index < -0.39 is 17.1 Å². The van der Waals surface area contributed by atoms with Crippen LogP contribution in [0.25, 0.3) is 0 Å². The first kappa shape index (κ1) is 17.2. The van der Waals surface area contributed by atoms with Crippen LogP contribution in [0.3, 0.4) is 0 Å². The van der Waals surface area contributed by atoms with Crippen LogP contribution in [0.15, 0.2) is 23.3 Å². The molecule has 5 rings (SSSR count). The lowest BCUT2D eigenvalue weighted by molar-refractivity contribution is -0.160. The lowest BCUT2D eigenvalue weighted by Crippen LogP contribution is -2.60. The number of ether oxygens (including phenoxy) is 1. The molecule has 8 atom stereocenters. The summed E-state index contributed by atoms with van der Waals surface area (Å²) in [5, 5.41) is 12.1. The molecule has 0 aromatic heterocycles. The highest BCUT2D eigenvalue weighted by Gasteiger charge is 2.73. The average molecular weight is 374 g/mol. The maximum Gasteiger partial charge on any atom is 0.153 e. The van der Waals surface area contributed by atoms with E-state index in [4.69, 9.17) is 9.26 Å². The van der Waals surface area contributed by atoms with E-state index in [2.05, 4.69) is 38.7 Å². The summed E-state index contributed by atoms with van der Waals surface area (Å²) in [6.07, 6.45) is 5.16. The van der Waals surface area contributed by atoms with Crippen LogP contribution in [0.1, 0.15) is 40.5 Å². The number of hydrogen-bond donors (Lipinski definition) is 1. The number of fused-ring (bicyclic) bond motifs is 5. The molecule has 5 aliphatic rings. The standard InChI is InChI=1S/C21H27O4P/c1-11-7-20-12(2)5-15-16(19(15,3)4)14(17(20)22)6-13-9-24-10-26-25-18(13)21(20,23)8-11/h6-7,12,14-16,18,23,26H,5,8-9H2,1-4H3/t12-,14+,15?,16?,18-,20+,21-/m1/s1. The number of carbonyl (C=O) groups excluding carboxylic acids is 1. The van der Waals surface area contributed by atoms with E-state index in [1.807, 2.05) is 6.92 Å². The Morgan fingerprint density at radius 2 is 2.15 bits per heavy atom. The maximum absolute atomic E-state index is 14.0. The van der Waals surface area contributed by atoms with Gasteiger partial charge in [-0.25, -0.2) is 0 Å². The largest absolute Gasteiger partial charge is 0.385 e. The molecule has 1 aliphatic heterocycles. The minimum atomic E-state index is -1.22. The van der Waals surface area contributed by atoms with Crippen molar-refractivity contribution in [3.05, 3.63) is 23.3 Å².